The number of aromatic nitrogens is 4. The lowest BCUT2D eigenvalue weighted by atomic mass is 9.85. The molecule has 9 aromatic carbocycles. The van der Waals surface area contributed by atoms with E-state index in [1.54, 1.807) is 0 Å². The summed E-state index contributed by atoms with van der Waals surface area (Å²) in [6, 6.07) is 70.3. The molecule has 0 atom stereocenters. The average molecular weight is 915 g/mol. The number of nitriles is 2. The first-order valence-corrected chi connectivity index (χ1v) is 23.3. The Morgan fingerprint density at radius 3 is 1.12 bits per heavy atom. The van der Waals surface area contributed by atoms with Gasteiger partial charge in [0.2, 0.25) is 0 Å². The largest absolute Gasteiger partial charge is 0.309 e. The molecule has 8 heteroatoms. The molecule has 8 nitrogen and oxygen atoms in total. The quantitative estimate of drug-likeness (QED) is 0.123. The van der Waals surface area contributed by atoms with Gasteiger partial charge in [0, 0.05) is 45.7 Å². The molecular weight excluding hydrogens is 881 g/mol. The van der Waals surface area contributed by atoms with Crippen LogP contribution in [0.25, 0.3) is 131 Å². The minimum atomic E-state index is 0.532. The van der Waals surface area contributed by atoms with Gasteiger partial charge < -0.3 is 9.13 Å². The molecule has 0 spiro atoms. The van der Waals surface area contributed by atoms with Crippen molar-refractivity contribution in [2.45, 2.75) is 0 Å². The smallest absolute Gasteiger partial charge is 0.188 e. The molecule has 0 saturated carbocycles. The van der Waals surface area contributed by atoms with E-state index in [0.29, 0.717) is 22.5 Å². The molecule has 4 aromatic heterocycles. The second-order valence-electron chi connectivity index (χ2n) is 17.8. The zero-order valence-electron chi connectivity index (χ0n) is 38.2. The molecule has 0 bridgehead atoms. The highest BCUT2D eigenvalue weighted by molar-refractivity contribution is 6.23. The van der Waals surface area contributed by atoms with Crippen molar-refractivity contribution in [2.24, 2.45) is 0 Å². The summed E-state index contributed by atoms with van der Waals surface area (Å²) in [7, 11) is 0. The lowest BCUT2D eigenvalue weighted by Crippen LogP contribution is -1.98. The van der Waals surface area contributed by atoms with Crippen molar-refractivity contribution in [3.05, 3.63) is 240 Å². The summed E-state index contributed by atoms with van der Waals surface area (Å²) in [4.78, 5) is 16.8. The van der Waals surface area contributed by atoms with E-state index < -0.39 is 0 Å². The Hall–Kier alpha value is -10.6. The van der Waals surface area contributed by atoms with Crippen LogP contribution in [0.2, 0.25) is 0 Å². The van der Waals surface area contributed by atoms with E-state index in [-0.39, 0.29) is 0 Å². The van der Waals surface area contributed by atoms with Crippen molar-refractivity contribution >= 4 is 76.5 Å². The molecule has 13 rings (SSSR count). The maximum Gasteiger partial charge on any atom is 0.188 e. The summed E-state index contributed by atoms with van der Waals surface area (Å²) in [5, 5.41) is 27.7. The van der Waals surface area contributed by atoms with Crippen molar-refractivity contribution in [3.8, 4) is 68.3 Å². The second kappa shape index (κ2) is 16.6. The Balaban J connectivity index is 1.14. The van der Waals surface area contributed by atoms with Crippen LogP contribution < -0.4 is 0 Å². The van der Waals surface area contributed by atoms with Crippen molar-refractivity contribution in [1.82, 2.24) is 19.1 Å². The molecule has 0 saturated heterocycles. The Labute approximate surface area is 413 Å². The zero-order chi connectivity index (χ0) is 48.5. The number of pyridine rings is 2. The van der Waals surface area contributed by atoms with Crippen LogP contribution in [0.15, 0.2) is 207 Å². The molecule has 4 heterocycles. The standard InChI is InChI=1S/C64H34N8/c1-67-45-19-27-61-53(33-45)51-31-39(37-65)9-25-59(51)71(61)47-21-23-49-55(35-47)63(43-15-11-41(12-16-43)57-7-3-5-29-69-57)50-24-22-48(36-56(50)64(49)44-17-13-42(14-18-44)58-8-4-6-30-70-58)72-60-26-10-40(38-66)32-52(60)54-34-46(68-2)20-28-62(54)72/h3-36H. The summed E-state index contributed by atoms with van der Waals surface area (Å²) in [5.41, 5.74) is 15.7. The highest BCUT2D eigenvalue weighted by Crippen LogP contribution is 2.47. The van der Waals surface area contributed by atoms with Gasteiger partial charge in [-0.2, -0.15) is 10.5 Å². The van der Waals surface area contributed by atoms with E-state index in [9.17, 15) is 10.5 Å². The first-order chi connectivity index (χ1) is 35.5. The summed E-state index contributed by atoms with van der Waals surface area (Å²) in [6.45, 7) is 15.7. The van der Waals surface area contributed by atoms with Crippen LogP contribution in [-0.2, 0) is 0 Å². The number of hydrogen-bond donors (Lipinski definition) is 0. The number of benzene rings is 9. The van der Waals surface area contributed by atoms with Crippen molar-refractivity contribution in [2.75, 3.05) is 0 Å². The Morgan fingerprint density at radius 1 is 0.361 bits per heavy atom. The third-order valence-corrected chi connectivity index (χ3v) is 13.9. The fourth-order valence-corrected chi connectivity index (χ4v) is 10.6. The molecular formula is C64H34N8. The van der Waals surface area contributed by atoms with Gasteiger partial charge >= 0.3 is 0 Å². The van der Waals surface area contributed by atoms with E-state index in [1.807, 2.05) is 122 Å². The van der Waals surface area contributed by atoms with Gasteiger partial charge in [-0.1, -0.05) is 84.9 Å². The van der Waals surface area contributed by atoms with Gasteiger partial charge in [0.15, 0.2) is 11.4 Å². The van der Waals surface area contributed by atoms with Crippen LogP contribution in [0.4, 0.5) is 11.4 Å². The maximum atomic E-state index is 9.98. The number of nitrogens with zero attached hydrogens (tertiary/aromatic N) is 8. The normalized spacial score (nSPS) is 11.3. The topological polar surface area (TPSA) is 91.9 Å². The van der Waals surface area contributed by atoms with Crippen LogP contribution in [0.3, 0.4) is 0 Å². The highest BCUT2D eigenvalue weighted by Gasteiger charge is 2.22. The number of rotatable bonds is 6. The van der Waals surface area contributed by atoms with Gasteiger partial charge in [-0.25, -0.2) is 9.69 Å². The first-order valence-electron chi connectivity index (χ1n) is 23.3. The first kappa shape index (κ1) is 41.5. The van der Waals surface area contributed by atoms with Crippen molar-refractivity contribution in [1.29, 1.82) is 10.5 Å². The lowest BCUT2D eigenvalue weighted by molar-refractivity contribution is 1.18. The zero-order valence-corrected chi connectivity index (χ0v) is 38.2. The fourth-order valence-electron chi connectivity index (χ4n) is 10.6. The summed E-state index contributed by atoms with van der Waals surface area (Å²) in [5.74, 6) is 0. The van der Waals surface area contributed by atoms with Crippen LogP contribution in [0.5, 0.6) is 0 Å². The molecule has 0 unspecified atom stereocenters. The van der Waals surface area contributed by atoms with Crippen LogP contribution in [0.1, 0.15) is 11.1 Å². The van der Waals surface area contributed by atoms with Crippen molar-refractivity contribution < 1.29 is 0 Å². The molecule has 0 fully saturated rings. The Morgan fingerprint density at radius 2 is 0.750 bits per heavy atom. The second-order valence-corrected chi connectivity index (χ2v) is 17.8. The van der Waals surface area contributed by atoms with Gasteiger partial charge in [0.25, 0.3) is 0 Å². The van der Waals surface area contributed by atoms with E-state index in [4.69, 9.17) is 13.1 Å². The highest BCUT2D eigenvalue weighted by atomic mass is 15.0. The van der Waals surface area contributed by atoms with Crippen LogP contribution in [-0.4, -0.2) is 19.1 Å². The van der Waals surface area contributed by atoms with Crippen molar-refractivity contribution in [3.63, 3.8) is 0 Å². The molecule has 0 amide bonds. The summed E-state index contributed by atoms with van der Waals surface area (Å²) >= 11 is 0. The van der Waals surface area contributed by atoms with E-state index >= 15 is 0 Å². The van der Waals surface area contributed by atoms with E-state index in [2.05, 4.69) is 126 Å². The van der Waals surface area contributed by atoms with Crippen LogP contribution in [0, 0.1) is 35.8 Å². The molecule has 0 N–H and O–H groups in total. The van der Waals surface area contributed by atoms with E-state index in [1.165, 1.54) is 0 Å². The third-order valence-electron chi connectivity index (χ3n) is 13.9. The predicted molar refractivity (Wildman–Crippen MR) is 289 cm³/mol. The lowest BCUT2D eigenvalue weighted by Gasteiger charge is -2.21. The number of fused-ring (bicyclic) bond motifs is 8. The minimum absolute atomic E-state index is 0.532. The van der Waals surface area contributed by atoms with Gasteiger partial charge in [-0.3, -0.25) is 9.97 Å². The maximum absolute atomic E-state index is 9.98. The minimum Gasteiger partial charge on any atom is -0.309 e. The van der Waals surface area contributed by atoms with Gasteiger partial charge in [0.05, 0.1) is 69.9 Å². The molecule has 0 aliphatic heterocycles. The molecule has 0 aliphatic carbocycles. The Bertz CT molecular complexity index is 4140. The Kier molecular flexibility index (Phi) is 9.55. The summed E-state index contributed by atoms with van der Waals surface area (Å²) < 4.78 is 4.47. The van der Waals surface area contributed by atoms with Crippen LogP contribution >= 0.6 is 0 Å². The monoisotopic (exact) mass is 914 g/mol. The van der Waals surface area contributed by atoms with E-state index in [0.717, 1.165) is 121 Å². The molecule has 330 valence electrons. The molecule has 0 aliphatic rings. The average Bonchev–Trinajstić information content (AvgIpc) is 3.95. The van der Waals surface area contributed by atoms with Gasteiger partial charge in [0.1, 0.15) is 0 Å². The molecule has 13 aromatic rings. The van der Waals surface area contributed by atoms with Gasteiger partial charge in [-0.05, 0) is 164 Å². The SMILES string of the molecule is [C-]#[N+]c1ccc2c(c1)c1cc(C#N)ccc1n2-c1ccc2c(-c3ccc(-c4ccccn4)cc3)c3cc(-n4c5ccc(C#N)cc5c5cc([N+]#[C-])ccc54)ccc3c(-c3ccc(-c4ccccn4)cc3)c2c1. The molecule has 0 radical (unpaired) electrons. The number of hydrogen-bond acceptors (Lipinski definition) is 4. The fraction of sp³-hybridized carbons (Fsp3) is 0. The third kappa shape index (κ3) is 6.57. The van der Waals surface area contributed by atoms with Gasteiger partial charge in [-0.15, -0.1) is 0 Å². The summed E-state index contributed by atoms with van der Waals surface area (Å²) in [6.07, 6.45) is 3.62. The molecule has 72 heavy (non-hydrogen) atoms. The predicted octanol–water partition coefficient (Wildman–Crippen LogP) is 16.5.